The van der Waals surface area contributed by atoms with Crippen molar-refractivity contribution in [1.82, 2.24) is 9.88 Å². The minimum Gasteiger partial charge on any atom is -0.448 e. The minimum absolute atomic E-state index is 0.293. The van der Waals surface area contributed by atoms with E-state index in [2.05, 4.69) is 5.32 Å². The predicted molar refractivity (Wildman–Crippen MR) is 83.4 cm³/mol. The first kappa shape index (κ1) is 15.8. The van der Waals surface area contributed by atoms with Gasteiger partial charge in [0.1, 0.15) is 5.69 Å². The lowest BCUT2D eigenvalue weighted by molar-refractivity contribution is -0.129. The van der Waals surface area contributed by atoms with Gasteiger partial charge >= 0.3 is 5.97 Å². The molecule has 0 aliphatic carbocycles. The molecule has 0 spiro atoms. The van der Waals surface area contributed by atoms with Crippen molar-refractivity contribution in [2.24, 2.45) is 7.05 Å². The number of aryl methyl sites for hydroxylation is 1. The van der Waals surface area contributed by atoms with E-state index in [-0.39, 0.29) is 5.91 Å². The zero-order chi connectivity index (χ0) is 15.9. The van der Waals surface area contributed by atoms with Crippen molar-refractivity contribution in [1.29, 1.82) is 0 Å². The van der Waals surface area contributed by atoms with Crippen LogP contribution in [0.1, 0.15) is 23.0 Å². The Kier molecular flexibility index (Phi) is 5.36. The maximum Gasteiger partial charge on any atom is 0.355 e. The third-order valence-electron chi connectivity index (χ3n) is 3.36. The van der Waals surface area contributed by atoms with Gasteiger partial charge in [-0.15, -0.1) is 0 Å². The third-order valence-corrected chi connectivity index (χ3v) is 3.36. The van der Waals surface area contributed by atoms with Crippen molar-refractivity contribution in [3.63, 3.8) is 0 Å². The second kappa shape index (κ2) is 7.45. The first-order valence-electron chi connectivity index (χ1n) is 7.22. The van der Waals surface area contributed by atoms with Gasteiger partial charge in [0.25, 0.3) is 5.91 Å². The molecule has 5 heteroatoms. The zero-order valence-corrected chi connectivity index (χ0v) is 12.8. The molecular weight excluding hydrogens is 280 g/mol. The maximum absolute atomic E-state index is 11.9. The molecule has 2 rings (SSSR count). The summed E-state index contributed by atoms with van der Waals surface area (Å²) in [5.74, 6) is -0.795. The highest BCUT2D eigenvalue weighted by atomic mass is 16.5. The standard InChI is InChI=1S/C17H20N2O3/c1-13(22-17(21)15-9-6-12-19(15)2)16(20)18-11-10-14-7-4-3-5-8-14/h3-9,12-13H,10-11H2,1-2H3,(H,18,20)/t13-/m0/s1. The summed E-state index contributed by atoms with van der Waals surface area (Å²) in [6.45, 7) is 2.08. The lowest BCUT2D eigenvalue weighted by Gasteiger charge is -2.13. The van der Waals surface area contributed by atoms with Crippen LogP contribution in [0.5, 0.6) is 0 Å². The number of hydrogen-bond acceptors (Lipinski definition) is 3. The molecule has 0 saturated carbocycles. The normalized spacial score (nSPS) is 11.7. The molecule has 0 fully saturated rings. The quantitative estimate of drug-likeness (QED) is 0.829. The second-order valence-corrected chi connectivity index (χ2v) is 5.08. The highest BCUT2D eigenvalue weighted by Gasteiger charge is 2.19. The molecule has 5 nitrogen and oxygen atoms in total. The fourth-order valence-corrected chi connectivity index (χ4v) is 2.07. The predicted octanol–water partition coefficient (Wildman–Crippen LogP) is 1.93. The monoisotopic (exact) mass is 300 g/mol. The molecule has 2 aromatic rings. The van der Waals surface area contributed by atoms with Crippen LogP contribution in [-0.2, 0) is 23.0 Å². The van der Waals surface area contributed by atoms with Gasteiger partial charge in [0.15, 0.2) is 6.10 Å². The van der Waals surface area contributed by atoms with Crippen LogP contribution in [0.3, 0.4) is 0 Å². The molecule has 0 aliphatic heterocycles. The Morgan fingerprint density at radius 3 is 2.55 bits per heavy atom. The van der Waals surface area contributed by atoms with Gasteiger partial charge in [-0.2, -0.15) is 0 Å². The highest BCUT2D eigenvalue weighted by molar-refractivity contribution is 5.90. The number of benzene rings is 1. The minimum atomic E-state index is -0.821. The zero-order valence-electron chi connectivity index (χ0n) is 12.8. The Morgan fingerprint density at radius 1 is 1.18 bits per heavy atom. The van der Waals surface area contributed by atoms with Crippen LogP contribution in [0.4, 0.5) is 0 Å². The van der Waals surface area contributed by atoms with Gasteiger partial charge in [0.05, 0.1) is 0 Å². The van der Waals surface area contributed by atoms with E-state index in [1.165, 1.54) is 0 Å². The summed E-state index contributed by atoms with van der Waals surface area (Å²) >= 11 is 0. The van der Waals surface area contributed by atoms with Gasteiger partial charge in [0.2, 0.25) is 0 Å². The van der Waals surface area contributed by atoms with Crippen LogP contribution in [0.2, 0.25) is 0 Å². The van der Waals surface area contributed by atoms with Crippen LogP contribution >= 0.6 is 0 Å². The highest BCUT2D eigenvalue weighted by Crippen LogP contribution is 2.05. The van der Waals surface area contributed by atoms with Crippen LogP contribution in [0.25, 0.3) is 0 Å². The fraction of sp³-hybridized carbons (Fsp3) is 0.294. The Hall–Kier alpha value is -2.56. The number of carbonyl (C=O) groups excluding carboxylic acids is 2. The first-order valence-corrected chi connectivity index (χ1v) is 7.22. The Morgan fingerprint density at radius 2 is 1.91 bits per heavy atom. The van der Waals surface area contributed by atoms with Crippen molar-refractivity contribution in [2.75, 3.05) is 6.54 Å². The average Bonchev–Trinajstić information content (AvgIpc) is 2.94. The van der Waals surface area contributed by atoms with Gasteiger partial charge in [-0.1, -0.05) is 30.3 Å². The van der Waals surface area contributed by atoms with Crippen molar-refractivity contribution in [3.05, 3.63) is 59.9 Å². The largest absolute Gasteiger partial charge is 0.448 e. The number of esters is 1. The molecule has 0 bridgehead atoms. The number of amides is 1. The van der Waals surface area contributed by atoms with Gasteiger partial charge < -0.3 is 14.6 Å². The molecule has 1 atom stereocenters. The lowest BCUT2D eigenvalue weighted by Crippen LogP contribution is -2.37. The number of ether oxygens (including phenoxy) is 1. The molecular formula is C17H20N2O3. The summed E-state index contributed by atoms with van der Waals surface area (Å²) in [6, 6.07) is 13.3. The number of aromatic nitrogens is 1. The molecule has 1 N–H and O–H groups in total. The number of hydrogen-bond donors (Lipinski definition) is 1. The van der Waals surface area contributed by atoms with Crippen LogP contribution in [0.15, 0.2) is 48.7 Å². The first-order chi connectivity index (χ1) is 10.6. The van der Waals surface area contributed by atoms with E-state index in [9.17, 15) is 9.59 Å². The van der Waals surface area contributed by atoms with E-state index in [0.29, 0.717) is 12.2 Å². The molecule has 22 heavy (non-hydrogen) atoms. The molecule has 1 aromatic carbocycles. The summed E-state index contributed by atoms with van der Waals surface area (Å²) in [5.41, 5.74) is 1.57. The summed E-state index contributed by atoms with van der Waals surface area (Å²) in [4.78, 5) is 23.8. The number of nitrogens with one attached hydrogen (secondary N) is 1. The van der Waals surface area contributed by atoms with E-state index < -0.39 is 12.1 Å². The van der Waals surface area contributed by atoms with E-state index in [1.807, 2.05) is 30.3 Å². The van der Waals surface area contributed by atoms with Crippen LogP contribution in [-0.4, -0.2) is 29.1 Å². The van der Waals surface area contributed by atoms with Gasteiger partial charge in [-0.25, -0.2) is 4.79 Å². The van der Waals surface area contributed by atoms with Crippen molar-refractivity contribution in [3.8, 4) is 0 Å². The molecule has 0 unspecified atom stereocenters. The third kappa shape index (κ3) is 4.22. The summed E-state index contributed by atoms with van der Waals surface area (Å²) < 4.78 is 6.82. The SMILES string of the molecule is C[C@H](OC(=O)c1cccn1C)C(=O)NCCc1ccccc1. The molecule has 0 radical (unpaired) electrons. The smallest absolute Gasteiger partial charge is 0.355 e. The molecule has 0 saturated heterocycles. The molecule has 0 aliphatic rings. The number of nitrogens with zero attached hydrogens (tertiary/aromatic N) is 1. The van der Waals surface area contributed by atoms with Crippen molar-refractivity contribution in [2.45, 2.75) is 19.4 Å². The average molecular weight is 300 g/mol. The van der Waals surface area contributed by atoms with Crippen LogP contribution in [0, 0.1) is 0 Å². The molecule has 1 heterocycles. The molecule has 1 aromatic heterocycles. The van der Waals surface area contributed by atoms with Crippen molar-refractivity contribution < 1.29 is 14.3 Å². The van der Waals surface area contributed by atoms with Gasteiger partial charge in [0, 0.05) is 19.8 Å². The van der Waals surface area contributed by atoms with Crippen LogP contribution < -0.4 is 5.32 Å². The fourth-order valence-electron chi connectivity index (χ4n) is 2.07. The molecule has 116 valence electrons. The van der Waals surface area contributed by atoms with E-state index in [1.54, 1.807) is 36.9 Å². The Bertz CT molecular complexity index is 634. The number of rotatable bonds is 6. The topological polar surface area (TPSA) is 60.3 Å². The lowest BCUT2D eigenvalue weighted by atomic mass is 10.1. The second-order valence-electron chi connectivity index (χ2n) is 5.08. The number of carbonyl (C=O) groups is 2. The maximum atomic E-state index is 11.9. The summed E-state index contributed by atoms with van der Waals surface area (Å²) in [6.07, 6.45) is 1.67. The van der Waals surface area contributed by atoms with Crippen molar-refractivity contribution >= 4 is 11.9 Å². The van der Waals surface area contributed by atoms with E-state index >= 15 is 0 Å². The van der Waals surface area contributed by atoms with Gasteiger partial charge in [-0.3, -0.25) is 4.79 Å². The molecule has 1 amide bonds. The Balaban J connectivity index is 1.77. The van der Waals surface area contributed by atoms with Gasteiger partial charge in [-0.05, 0) is 31.0 Å². The summed E-state index contributed by atoms with van der Waals surface area (Å²) in [7, 11) is 1.75. The Labute approximate surface area is 129 Å². The van der Waals surface area contributed by atoms with E-state index in [4.69, 9.17) is 4.74 Å². The van der Waals surface area contributed by atoms with E-state index in [0.717, 1.165) is 12.0 Å². The summed E-state index contributed by atoms with van der Waals surface area (Å²) in [5, 5.41) is 2.77.